The quantitative estimate of drug-likeness (QED) is 0.671. The Morgan fingerprint density at radius 3 is 2.45 bits per heavy atom. The summed E-state index contributed by atoms with van der Waals surface area (Å²) in [5.41, 5.74) is 1.75. The molecule has 116 valence electrons. The molecule has 2 aliphatic carbocycles. The second-order valence-electron chi connectivity index (χ2n) is 7.64. The molecule has 2 fully saturated rings. The van der Waals surface area contributed by atoms with E-state index in [-0.39, 0.29) is 0 Å². The molecular weight excluding hydrogens is 242 g/mol. The van der Waals surface area contributed by atoms with Gasteiger partial charge in [0.15, 0.2) is 0 Å². The van der Waals surface area contributed by atoms with E-state index in [1.165, 1.54) is 57.8 Å². The van der Waals surface area contributed by atoms with Crippen LogP contribution >= 0.6 is 0 Å². The van der Waals surface area contributed by atoms with Gasteiger partial charge in [-0.3, -0.25) is 0 Å². The third kappa shape index (κ3) is 5.24. The van der Waals surface area contributed by atoms with Crippen molar-refractivity contribution in [1.29, 1.82) is 0 Å². The van der Waals surface area contributed by atoms with Crippen LogP contribution in [0.25, 0.3) is 0 Å². The fraction of sp³-hybridized carbons (Fsp3) is 0.895. The summed E-state index contributed by atoms with van der Waals surface area (Å²) in [6.45, 7) is 8.10. The Morgan fingerprint density at radius 1 is 1.05 bits per heavy atom. The van der Waals surface area contributed by atoms with Crippen LogP contribution in [0.15, 0.2) is 11.6 Å². The lowest BCUT2D eigenvalue weighted by Gasteiger charge is -2.29. The minimum Gasteiger partial charge on any atom is -0.311 e. The van der Waals surface area contributed by atoms with Crippen LogP contribution in [0, 0.1) is 17.8 Å². The van der Waals surface area contributed by atoms with E-state index in [1.54, 1.807) is 5.57 Å². The monoisotopic (exact) mass is 277 g/mol. The van der Waals surface area contributed by atoms with Gasteiger partial charge >= 0.3 is 0 Å². The Labute approximate surface area is 126 Å². The Hall–Kier alpha value is -0.300. The second-order valence-corrected chi connectivity index (χ2v) is 7.64. The number of allylic oxidation sites excluding steroid dienone is 1. The Bertz CT molecular complexity index is 299. The maximum atomic E-state index is 3.68. The van der Waals surface area contributed by atoms with E-state index < -0.39 is 0 Å². The zero-order valence-electron chi connectivity index (χ0n) is 14.0. The SMILES string of the molecule is CC1CCCC(C=C(CNC(C)C)C2CCCCC2)C1. The first-order valence-corrected chi connectivity index (χ1v) is 9.09. The fourth-order valence-corrected chi connectivity index (χ4v) is 4.07. The van der Waals surface area contributed by atoms with E-state index in [4.69, 9.17) is 0 Å². The van der Waals surface area contributed by atoms with Crippen LogP contribution < -0.4 is 5.32 Å². The van der Waals surface area contributed by atoms with Gasteiger partial charge in [-0.2, -0.15) is 0 Å². The van der Waals surface area contributed by atoms with Gasteiger partial charge in [0.2, 0.25) is 0 Å². The summed E-state index contributed by atoms with van der Waals surface area (Å²) < 4.78 is 0. The summed E-state index contributed by atoms with van der Waals surface area (Å²) in [7, 11) is 0. The lowest BCUT2D eigenvalue weighted by atomic mass is 9.78. The third-order valence-corrected chi connectivity index (χ3v) is 5.27. The Kier molecular flexibility index (Phi) is 6.61. The van der Waals surface area contributed by atoms with Crippen molar-refractivity contribution >= 4 is 0 Å². The van der Waals surface area contributed by atoms with Crippen LogP contribution in [-0.2, 0) is 0 Å². The molecular formula is C19H35N. The number of hydrogen-bond donors (Lipinski definition) is 1. The third-order valence-electron chi connectivity index (χ3n) is 5.27. The average Bonchev–Trinajstić information content (AvgIpc) is 2.44. The van der Waals surface area contributed by atoms with Gasteiger partial charge in [0.1, 0.15) is 0 Å². The number of hydrogen-bond acceptors (Lipinski definition) is 1. The topological polar surface area (TPSA) is 12.0 Å². The summed E-state index contributed by atoms with van der Waals surface area (Å²) >= 11 is 0. The van der Waals surface area contributed by atoms with Gasteiger partial charge in [-0.25, -0.2) is 0 Å². The van der Waals surface area contributed by atoms with Crippen molar-refractivity contribution in [2.45, 2.75) is 84.6 Å². The highest BCUT2D eigenvalue weighted by Crippen LogP contribution is 2.34. The molecule has 0 aromatic rings. The second kappa shape index (κ2) is 8.22. The van der Waals surface area contributed by atoms with Crippen molar-refractivity contribution in [3.8, 4) is 0 Å². The molecule has 2 aliphatic rings. The van der Waals surface area contributed by atoms with E-state index in [1.807, 2.05) is 0 Å². The average molecular weight is 277 g/mol. The van der Waals surface area contributed by atoms with Gasteiger partial charge in [-0.15, -0.1) is 0 Å². The lowest BCUT2D eigenvalue weighted by Crippen LogP contribution is -2.28. The van der Waals surface area contributed by atoms with Crippen molar-refractivity contribution < 1.29 is 0 Å². The molecule has 2 atom stereocenters. The van der Waals surface area contributed by atoms with Crippen LogP contribution in [-0.4, -0.2) is 12.6 Å². The number of rotatable bonds is 5. The van der Waals surface area contributed by atoms with E-state index >= 15 is 0 Å². The maximum Gasteiger partial charge on any atom is 0.0169 e. The predicted molar refractivity (Wildman–Crippen MR) is 88.9 cm³/mol. The molecule has 0 bridgehead atoms. The van der Waals surface area contributed by atoms with Crippen LogP contribution in [0.1, 0.15) is 78.6 Å². The standard InChI is InChI=1S/C19H35N/c1-15(2)20-14-19(18-10-5-4-6-11-18)13-17-9-7-8-16(3)12-17/h13,15-18,20H,4-12,14H2,1-3H3. The molecule has 0 aliphatic heterocycles. The normalized spacial score (nSPS) is 29.9. The summed E-state index contributed by atoms with van der Waals surface area (Å²) in [6, 6.07) is 0.604. The molecule has 0 saturated heterocycles. The molecule has 2 unspecified atom stereocenters. The van der Waals surface area contributed by atoms with E-state index in [2.05, 4.69) is 32.2 Å². The highest BCUT2D eigenvalue weighted by molar-refractivity contribution is 5.12. The minimum absolute atomic E-state index is 0.604. The molecule has 0 heterocycles. The zero-order valence-corrected chi connectivity index (χ0v) is 14.0. The molecule has 0 spiro atoms. The van der Waals surface area contributed by atoms with Crippen LogP contribution in [0.2, 0.25) is 0 Å². The molecule has 1 N–H and O–H groups in total. The molecule has 0 aromatic carbocycles. The van der Waals surface area contributed by atoms with Crippen molar-refractivity contribution in [3.63, 3.8) is 0 Å². The van der Waals surface area contributed by atoms with Gasteiger partial charge in [0.05, 0.1) is 0 Å². The Balaban J connectivity index is 1.99. The molecule has 0 aromatic heterocycles. The van der Waals surface area contributed by atoms with E-state index in [0.717, 1.165) is 24.3 Å². The predicted octanol–water partition coefficient (Wildman–Crippen LogP) is 5.32. The first-order valence-electron chi connectivity index (χ1n) is 9.09. The van der Waals surface area contributed by atoms with Crippen molar-refractivity contribution in [2.24, 2.45) is 17.8 Å². The van der Waals surface area contributed by atoms with Crippen molar-refractivity contribution in [3.05, 3.63) is 11.6 Å². The summed E-state index contributed by atoms with van der Waals surface area (Å²) in [5.74, 6) is 2.69. The van der Waals surface area contributed by atoms with Gasteiger partial charge < -0.3 is 5.32 Å². The Morgan fingerprint density at radius 2 is 1.80 bits per heavy atom. The first-order chi connectivity index (χ1) is 9.65. The van der Waals surface area contributed by atoms with Crippen LogP contribution in [0.3, 0.4) is 0 Å². The van der Waals surface area contributed by atoms with Crippen LogP contribution in [0.5, 0.6) is 0 Å². The van der Waals surface area contributed by atoms with Crippen molar-refractivity contribution in [1.82, 2.24) is 5.32 Å². The zero-order chi connectivity index (χ0) is 14.4. The first kappa shape index (κ1) is 16.1. The highest BCUT2D eigenvalue weighted by atomic mass is 14.9. The molecule has 1 nitrogen and oxygen atoms in total. The fourth-order valence-electron chi connectivity index (χ4n) is 4.07. The summed E-state index contributed by atoms with van der Waals surface area (Å²) in [6.07, 6.45) is 15.7. The van der Waals surface area contributed by atoms with E-state index in [9.17, 15) is 0 Å². The van der Waals surface area contributed by atoms with Gasteiger partial charge in [-0.1, -0.05) is 64.5 Å². The van der Waals surface area contributed by atoms with Crippen molar-refractivity contribution in [2.75, 3.05) is 6.54 Å². The molecule has 0 amide bonds. The largest absolute Gasteiger partial charge is 0.311 e. The lowest BCUT2D eigenvalue weighted by molar-refractivity contribution is 0.319. The maximum absolute atomic E-state index is 3.68. The molecule has 0 radical (unpaired) electrons. The van der Waals surface area contributed by atoms with Gasteiger partial charge in [0, 0.05) is 12.6 Å². The van der Waals surface area contributed by atoms with Gasteiger partial charge in [0.25, 0.3) is 0 Å². The highest BCUT2D eigenvalue weighted by Gasteiger charge is 2.22. The minimum atomic E-state index is 0.604. The van der Waals surface area contributed by atoms with Crippen LogP contribution in [0.4, 0.5) is 0 Å². The molecule has 1 heteroatoms. The molecule has 20 heavy (non-hydrogen) atoms. The van der Waals surface area contributed by atoms with E-state index in [0.29, 0.717) is 6.04 Å². The smallest absolute Gasteiger partial charge is 0.0169 e. The summed E-state index contributed by atoms with van der Waals surface area (Å²) in [4.78, 5) is 0. The molecule has 2 rings (SSSR count). The van der Waals surface area contributed by atoms with Gasteiger partial charge in [-0.05, 0) is 43.4 Å². The molecule has 2 saturated carbocycles. The number of nitrogens with one attached hydrogen (secondary N) is 1. The summed E-state index contributed by atoms with van der Waals surface area (Å²) in [5, 5.41) is 3.68.